The monoisotopic (exact) mass is 235 g/mol. The Morgan fingerprint density at radius 1 is 1.56 bits per heavy atom. The van der Waals surface area contributed by atoms with E-state index in [0.717, 1.165) is 19.4 Å². The molecule has 0 fully saturated rings. The fourth-order valence-electron chi connectivity index (χ4n) is 1.25. The topological polar surface area (TPSA) is 59.4 Å². The van der Waals surface area contributed by atoms with E-state index in [1.807, 2.05) is 0 Å². The van der Waals surface area contributed by atoms with Crippen LogP contribution in [-0.4, -0.2) is 23.2 Å². The minimum Gasteiger partial charge on any atom is -0.481 e. The highest BCUT2D eigenvalue weighted by Gasteiger charge is 2.38. The van der Waals surface area contributed by atoms with E-state index in [0.29, 0.717) is 0 Å². The maximum Gasteiger partial charge on any atom is 0.421 e. The van der Waals surface area contributed by atoms with Crippen molar-refractivity contribution in [1.29, 1.82) is 0 Å². The molecule has 16 heavy (non-hydrogen) atoms. The van der Waals surface area contributed by atoms with Gasteiger partial charge in [0.2, 0.25) is 5.88 Å². The van der Waals surface area contributed by atoms with Crippen molar-refractivity contribution >= 4 is 5.97 Å². The number of ether oxygens (including phenoxy) is 1. The molecule has 1 aromatic heterocycles. The Morgan fingerprint density at radius 2 is 2.19 bits per heavy atom. The smallest absolute Gasteiger partial charge is 0.421 e. The van der Waals surface area contributed by atoms with Gasteiger partial charge in [0.25, 0.3) is 0 Å². The largest absolute Gasteiger partial charge is 0.481 e. The normalized spacial score (nSPS) is 11.2. The third kappa shape index (κ3) is 2.62. The number of hydrogen-bond acceptors (Lipinski definition) is 3. The van der Waals surface area contributed by atoms with Crippen LogP contribution in [0.3, 0.4) is 0 Å². The van der Waals surface area contributed by atoms with Crippen LogP contribution in [0.2, 0.25) is 0 Å². The lowest BCUT2D eigenvalue weighted by atomic mass is 10.1. The number of alkyl halides is 3. The van der Waals surface area contributed by atoms with Gasteiger partial charge >= 0.3 is 12.1 Å². The van der Waals surface area contributed by atoms with Crippen LogP contribution in [0.4, 0.5) is 13.2 Å². The standard InChI is InChI=1S/C9H8F3NO3/c1-16-8-7(9(10,11)12)5(2-3-13-8)4-6(14)15/h2-3H,4H2,1H3,(H,14,15). The molecule has 7 heteroatoms. The third-order valence-electron chi connectivity index (χ3n) is 1.82. The Hall–Kier alpha value is -1.79. The van der Waals surface area contributed by atoms with Crippen molar-refractivity contribution in [3.63, 3.8) is 0 Å². The summed E-state index contributed by atoms with van der Waals surface area (Å²) in [6.07, 6.45) is -4.34. The number of halogens is 3. The summed E-state index contributed by atoms with van der Waals surface area (Å²) in [5, 5.41) is 8.49. The van der Waals surface area contributed by atoms with Gasteiger partial charge in [-0.2, -0.15) is 13.2 Å². The summed E-state index contributed by atoms with van der Waals surface area (Å²) in [5.41, 5.74) is -1.51. The molecule has 1 rings (SSSR count). The lowest BCUT2D eigenvalue weighted by molar-refractivity contribution is -0.140. The van der Waals surface area contributed by atoms with Crippen LogP contribution in [0, 0.1) is 0 Å². The van der Waals surface area contributed by atoms with E-state index in [4.69, 9.17) is 5.11 Å². The number of aliphatic carboxylic acids is 1. The predicted octanol–water partition coefficient (Wildman–Crippen LogP) is 1.74. The Morgan fingerprint density at radius 3 is 2.62 bits per heavy atom. The minimum atomic E-state index is -4.69. The van der Waals surface area contributed by atoms with E-state index in [1.165, 1.54) is 0 Å². The zero-order valence-electron chi connectivity index (χ0n) is 8.21. The zero-order valence-corrected chi connectivity index (χ0v) is 8.21. The highest BCUT2D eigenvalue weighted by atomic mass is 19.4. The summed E-state index contributed by atoms with van der Waals surface area (Å²) in [4.78, 5) is 13.8. The summed E-state index contributed by atoms with van der Waals surface area (Å²) in [6.45, 7) is 0. The Labute approximate surface area is 88.7 Å². The molecular weight excluding hydrogens is 227 g/mol. The second-order valence-corrected chi connectivity index (χ2v) is 2.92. The predicted molar refractivity (Wildman–Crippen MR) is 47.1 cm³/mol. The first-order valence-electron chi connectivity index (χ1n) is 4.17. The van der Waals surface area contributed by atoms with E-state index in [9.17, 15) is 18.0 Å². The molecule has 1 N–H and O–H groups in total. The molecule has 1 aromatic rings. The highest BCUT2D eigenvalue weighted by molar-refractivity contribution is 5.71. The SMILES string of the molecule is COc1nccc(CC(=O)O)c1C(F)(F)F. The molecule has 88 valence electrons. The Balaban J connectivity index is 3.32. The minimum absolute atomic E-state index is 0.369. The maximum atomic E-state index is 12.6. The molecule has 0 atom stereocenters. The quantitative estimate of drug-likeness (QED) is 0.866. The second-order valence-electron chi connectivity index (χ2n) is 2.92. The fraction of sp³-hybridized carbons (Fsp3) is 0.333. The van der Waals surface area contributed by atoms with Crippen molar-refractivity contribution in [2.24, 2.45) is 0 Å². The molecule has 0 aliphatic heterocycles. The van der Waals surface area contributed by atoms with Crippen molar-refractivity contribution in [3.05, 3.63) is 23.4 Å². The lowest BCUT2D eigenvalue weighted by Crippen LogP contribution is -2.14. The first kappa shape index (κ1) is 12.3. The van der Waals surface area contributed by atoms with Crippen molar-refractivity contribution < 1.29 is 27.8 Å². The van der Waals surface area contributed by atoms with Crippen molar-refractivity contribution in [2.45, 2.75) is 12.6 Å². The van der Waals surface area contributed by atoms with Crippen molar-refractivity contribution in [3.8, 4) is 5.88 Å². The number of aromatic nitrogens is 1. The molecule has 0 unspecified atom stereocenters. The summed E-state index contributed by atoms with van der Waals surface area (Å²) >= 11 is 0. The Bertz CT molecular complexity index is 403. The van der Waals surface area contributed by atoms with Gasteiger partial charge in [0.1, 0.15) is 5.56 Å². The molecule has 0 spiro atoms. The summed E-state index contributed by atoms with van der Waals surface area (Å²) in [5.74, 6) is -1.97. The van der Waals surface area contributed by atoms with Gasteiger partial charge in [-0.25, -0.2) is 4.98 Å². The molecule has 0 radical (unpaired) electrons. The van der Waals surface area contributed by atoms with Crippen molar-refractivity contribution in [2.75, 3.05) is 7.11 Å². The first-order valence-corrected chi connectivity index (χ1v) is 4.17. The molecule has 4 nitrogen and oxygen atoms in total. The summed E-state index contributed by atoms with van der Waals surface area (Å²) < 4.78 is 42.4. The number of rotatable bonds is 3. The molecule has 0 aliphatic rings. The third-order valence-corrected chi connectivity index (χ3v) is 1.82. The van der Waals surface area contributed by atoms with Gasteiger partial charge in [-0.1, -0.05) is 0 Å². The fourth-order valence-corrected chi connectivity index (χ4v) is 1.25. The molecule has 0 aliphatic carbocycles. The average Bonchev–Trinajstić information content (AvgIpc) is 2.14. The number of nitrogens with zero attached hydrogens (tertiary/aromatic N) is 1. The molecule has 0 saturated heterocycles. The second kappa shape index (κ2) is 4.38. The number of hydrogen-bond donors (Lipinski definition) is 1. The van der Waals surface area contributed by atoms with Crippen molar-refractivity contribution in [1.82, 2.24) is 4.98 Å². The van der Waals surface area contributed by atoms with Crippen LogP contribution in [0.5, 0.6) is 5.88 Å². The van der Waals surface area contributed by atoms with E-state index in [2.05, 4.69) is 9.72 Å². The van der Waals surface area contributed by atoms with E-state index < -0.39 is 30.0 Å². The van der Waals surface area contributed by atoms with Crippen LogP contribution >= 0.6 is 0 Å². The number of carboxylic acids is 1. The molecule has 0 amide bonds. The van der Waals surface area contributed by atoms with Crippen LogP contribution in [-0.2, 0) is 17.4 Å². The van der Waals surface area contributed by atoms with Crippen LogP contribution in [0.1, 0.15) is 11.1 Å². The van der Waals surface area contributed by atoms with Gasteiger partial charge in [0.05, 0.1) is 13.5 Å². The number of carbonyl (C=O) groups is 1. The van der Waals surface area contributed by atoms with E-state index in [1.54, 1.807) is 0 Å². The van der Waals surface area contributed by atoms with Gasteiger partial charge in [0.15, 0.2) is 0 Å². The van der Waals surface area contributed by atoms with Gasteiger partial charge < -0.3 is 9.84 Å². The molecule has 0 bridgehead atoms. The van der Waals surface area contributed by atoms with Gasteiger partial charge in [-0.3, -0.25) is 4.79 Å². The van der Waals surface area contributed by atoms with Crippen LogP contribution < -0.4 is 4.74 Å². The van der Waals surface area contributed by atoms with Gasteiger partial charge in [0, 0.05) is 6.20 Å². The number of methoxy groups -OCH3 is 1. The summed E-state index contributed by atoms with van der Waals surface area (Å²) in [7, 11) is 1.04. The van der Waals surface area contributed by atoms with E-state index >= 15 is 0 Å². The molecular formula is C9H8F3NO3. The zero-order chi connectivity index (χ0) is 12.3. The first-order chi connectivity index (χ1) is 7.36. The highest BCUT2D eigenvalue weighted by Crippen LogP contribution is 2.37. The Kier molecular flexibility index (Phi) is 3.36. The van der Waals surface area contributed by atoms with Crippen LogP contribution in [0.15, 0.2) is 12.3 Å². The van der Waals surface area contributed by atoms with Gasteiger partial charge in [-0.15, -0.1) is 0 Å². The molecule has 0 aromatic carbocycles. The average molecular weight is 235 g/mol. The molecule has 1 heterocycles. The van der Waals surface area contributed by atoms with Gasteiger partial charge in [-0.05, 0) is 11.6 Å². The number of pyridine rings is 1. The summed E-state index contributed by atoms with van der Waals surface area (Å²) in [6, 6.07) is 1.01. The maximum absolute atomic E-state index is 12.6. The number of carboxylic acid groups (broad SMARTS) is 1. The van der Waals surface area contributed by atoms with Crippen LogP contribution in [0.25, 0.3) is 0 Å². The van der Waals surface area contributed by atoms with E-state index in [-0.39, 0.29) is 5.56 Å². The lowest BCUT2D eigenvalue weighted by Gasteiger charge is -2.14. The molecule has 0 saturated carbocycles.